The normalized spacial score (nSPS) is 13.4. The van der Waals surface area contributed by atoms with Crippen LogP contribution in [0.4, 0.5) is 4.79 Å². The van der Waals surface area contributed by atoms with E-state index >= 15 is 0 Å². The van der Waals surface area contributed by atoms with Crippen LogP contribution in [0.3, 0.4) is 0 Å². The molecule has 8 heteroatoms. The number of oxime groups is 1. The predicted molar refractivity (Wildman–Crippen MR) is 78.4 cm³/mol. The van der Waals surface area contributed by atoms with Crippen molar-refractivity contribution in [2.75, 3.05) is 0 Å². The molecule has 0 aliphatic carbocycles. The number of thiophene rings is 1. The van der Waals surface area contributed by atoms with Gasteiger partial charge in [0.1, 0.15) is 5.60 Å². The van der Waals surface area contributed by atoms with Crippen LogP contribution >= 0.6 is 11.3 Å². The molecule has 0 fully saturated rings. The van der Waals surface area contributed by atoms with Crippen molar-refractivity contribution >= 4 is 29.1 Å². The number of amides is 1. The third-order valence-electron chi connectivity index (χ3n) is 1.98. The van der Waals surface area contributed by atoms with Gasteiger partial charge in [0, 0.05) is 0 Å². The Labute approximate surface area is 126 Å². The van der Waals surface area contributed by atoms with E-state index in [1.165, 1.54) is 18.3 Å². The second kappa shape index (κ2) is 7.07. The minimum atomic E-state index is -1.21. The molecule has 0 aliphatic heterocycles. The molecule has 0 aliphatic rings. The number of carboxylic acids is 1. The molecular weight excluding hydrogens is 296 g/mol. The Balaban J connectivity index is 2.61. The van der Waals surface area contributed by atoms with Crippen molar-refractivity contribution in [2.24, 2.45) is 5.16 Å². The van der Waals surface area contributed by atoms with E-state index in [4.69, 9.17) is 14.7 Å². The van der Waals surface area contributed by atoms with Crippen molar-refractivity contribution in [1.29, 1.82) is 0 Å². The number of alkyl carbamates (subject to hydrolysis) is 1. The summed E-state index contributed by atoms with van der Waals surface area (Å²) in [6, 6.07) is 3.33. The van der Waals surface area contributed by atoms with Gasteiger partial charge in [0.05, 0.1) is 4.88 Å². The van der Waals surface area contributed by atoms with Crippen LogP contribution in [0.5, 0.6) is 0 Å². The summed E-state index contributed by atoms with van der Waals surface area (Å²) in [5.41, 5.74) is -0.848. The van der Waals surface area contributed by atoms with Gasteiger partial charge in [0.15, 0.2) is 6.23 Å². The maximum atomic E-state index is 11.5. The van der Waals surface area contributed by atoms with Gasteiger partial charge >= 0.3 is 12.1 Å². The SMILES string of the molecule is CC(NC(=O)OC(C)(C)C)O/N=C(\C(=O)O)c1cccs1. The second-order valence-corrected chi connectivity index (χ2v) is 6.06. The zero-order valence-electron chi connectivity index (χ0n) is 12.2. The summed E-state index contributed by atoms with van der Waals surface area (Å²) >= 11 is 1.23. The average Bonchev–Trinajstić information content (AvgIpc) is 2.79. The maximum Gasteiger partial charge on any atom is 0.410 e. The van der Waals surface area contributed by atoms with E-state index in [1.54, 1.807) is 38.3 Å². The van der Waals surface area contributed by atoms with Crippen LogP contribution in [0.25, 0.3) is 0 Å². The highest BCUT2D eigenvalue weighted by molar-refractivity contribution is 7.13. The molecule has 1 amide bonds. The molecule has 21 heavy (non-hydrogen) atoms. The molecule has 1 aromatic rings. The van der Waals surface area contributed by atoms with Crippen LogP contribution in [-0.2, 0) is 14.4 Å². The van der Waals surface area contributed by atoms with Crippen LogP contribution in [0, 0.1) is 0 Å². The van der Waals surface area contributed by atoms with E-state index in [0.29, 0.717) is 4.88 Å². The van der Waals surface area contributed by atoms with Crippen LogP contribution in [-0.4, -0.2) is 34.7 Å². The second-order valence-electron chi connectivity index (χ2n) is 5.12. The summed E-state index contributed by atoms with van der Waals surface area (Å²) in [6.07, 6.45) is -1.49. The number of carbonyl (C=O) groups is 2. The number of hydrogen-bond donors (Lipinski definition) is 2. The molecule has 1 unspecified atom stereocenters. The number of carboxylic acid groups (broad SMARTS) is 1. The van der Waals surface area contributed by atoms with Crippen molar-refractivity contribution in [3.05, 3.63) is 22.4 Å². The summed E-state index contributed by atoms with van der Waals surface area (Å²) in [4.78, 5) is 28.0. The van der Waals surface area contributed by atoms with Gasteiger partial charge in [-0.1, -0.05) is 11.2 Å². The monoisotopic (exact) mass is 314 g/mol. The maximum absolute atomic E-state index is 11.5. The number of nitrogens with one attached hydrogen (secondary N) is 1. The zero-order valence-corrected chi connectivity index (χ0v) is 13.1. The van der Waals surface area contributed by atoms with Crippen LogP contribution < -0.4 is 5.32 Å². The smallest absolute Gasteiger partial charge is 0.410 e. The highest BCUT2D eigenvalue weighted by Gasteiger charge is 2.19. The van der Waals surface area contributed by atoms with E-state index in [2.05, 4.69) is 10.5 Å². The van der Waals surface area contributed by atoms with Crippen LogP contribution in [0.2, 0.25) is 0 Å². The molecule has 7 nitrogen and oxygen atoms in total. The number of hydrogen-bond acceptors (Lipinski definition) is 6. The lowest BCUT2D eigenvalue weighted by Crippen LogP contribution is -2.38. The van der Waals surface area contributed by atoms with Crippen molar-refractivity contribution in [3.8, 4) is 0 Å². The number of aliphatic carboxylic acids is 1. The van der Waals surface area contributed by atoms with E-state index in [-0.39, 0.29) is 5.71 Å². The highest BCUT2D eigenvalue weighted by Crippen LogP contribution is 2.11. The Kier molecular flexibility index (Phi) is 5.71. The lowest BCUT2D eigenvalue weighted by molar-refractivity contribution is -0.129. The minimum absolute atomic E-state index is 0.220. The average molecular weight is 314 g/mol. The first-order valence-corrected chi connectivity index (χ1v) is 7.07. The van der Waals surface area contributed by atoms with Crippen molar-refractivity contribution in [3.63, 3.8) is 0 Å². The minimum Gasteiger partial charge on any atom is -0.476 e. The van der Waals surface area contributed by atoms with Gasteiger partial charge in [-0.3, -0.25) is 5.32 Å². The Morgan fingerprint density at radius 3 is 2.57 bits per heavy atom. The van der Waals surface area contributed by atoms with E-state index in [9.17, 15) is 9.59 Å². The summed E-state index contributed by atoms with van der Waals surface area (Å²) < 4.78 is 5.04. The van der Waals surface area contributed by atoms with Crippen LogP contribution in [0.15, 0.2) is 22.7 Å². The molecular formula is C13H18N2O5S. The number of carbonyl (C=O) groups excluding carboxylic acids is 1. The van der Waals surface area contributed by atoms with Gasteiger partial charge in [-0.05, 0) is 39.1 Å². The Morgan fingerprint density at radius 1 is 1.43 bits per heavy atom. The van der Waals surface area contributed by atoms with Crippen molar-refractivity contribution < 1.29 is 24.3 Å². The third-order valence-corrected chi connectivity index (χ3v) is 2.86. The zero-order chi connectivity index (χ0) is 16.0. The first-order valence-electron chi connectivity index (χ1n) is 6.19. The lowest BCUT2D eigenvalue weighted by Gasteiger charge is -2.21. The Bertz CT molecular complexity index is 519. The Morgan fingerprint density at radius 2 is 2.10 bits per heavy atom. The van der Waals surface area contributed by atoms with Gasteiger partial charge in [-0.25, -0.2) is 9.59 Å². The van der Waals surface area contributed by atoms with E-state index in [0.717, 1.165) is 0 Å². The topological polar surface area (TPSA) is 97.2 Å². The van der Waals surface area contributed by atoms with Crippen molar-refractivity contribution in [2.45, 2.75) is 39.5 Å². The van der Waals surface area contributed by atoms with E-state index in [1.807, 2.05) is 0 Å². The first kappa shape index (κ1) is 17.0. The van der Waals surface area contributed by atoms with Gasteiger partial charge in [0.2, 0.25) is 5.71 Å². The standard InChI is InChI=1S/C13H18N2O5S/c1-8(14-12(18)19-13(2,3)4)20-15-10(11(16)17)9-6-5-7-21-9/h5-8H,1-4H3,(H,14,18)(H,16,17)/b15-10-. The summed E-state index contributed by atoms with van der Waals surface area (Å²) in [6.45, 7) is 6.71. The highest BCUT2D eigenvalue weighted by atomic mass is 32.1. The molecule has 0 saturated heterocycles. The molecule has 0 saturated carbocycles. The molecule has 1 aromatic heterocycles. The molecule has 0 spiro atoms. The van der Waals surface area contributed by atoms with Gasteiger partial charge < -0.3 is 14.7 Å². The third kappa shape index (κ3) is 6.26. The van der Waals surface area contributed by atoms with Gasteiger partial charge in [-0.2, -0.15) is 0 Å². The molecule has 1 rings (SSSR count). The molecule has 2 N–H and O–H groups in total. The summed E-state index contributed by atoms with van der Waals surface area (Å²) in [5, 5.41) is 16.8. The number of nitrogens with zero attached hydrogens (tertiary/aromatic N) is 1. The summed E-state index contributed by atoms with van der Waals surface area (Å²) in [5.74, 6) is -1.21. The quantitative estimate of drug-likeness (QED) is 0.494. The van der Waals surface area contributed by atoms with E-state index < -0.39 is 23.9 Å². The lowest BCUT2D eigenvalue weighted by atomic mass is 10.2. The summed E-state index contributed by atoms with van der Waals surface area (Å²) in [7, 11) is 0. The molecule has 1 atom stereocenters. The first-order chi connectivity index (χ1) is 9.69. The van der Waals surface area contributed by atoms with Gasteiger partial charge in [-0.15, -0.1) is 11.3 Å². The fraction of sp³-hybridized carbons (Fsp3) is 0.462. The fourth-order valence-corrected chi connectivity index (χ4v) is 1.93. The molecule has 1 heterocycles. The Hall–Kier alpha value is -2.09. The number of ether oxygens (including phenoxy) is 1. The largest absolute Gasteiger partial charge is 0.476 e. The predicted octanol–water partition coefficient (Wildman–Crippen LogP) is 2.42. The number of rotatable bonds is 5. The van der Waals surface area contributed by atoms with Crippen LogP contribution in [0.1, 0.15) is 32.6 Å². The molecule has 116 valence electrons. The molecule has 0 aromatic carbocycles. The molecule has 0 radical (unpaired) electrons. The van der Waals surface area contributed by atoms with Gasteiger partial charge in [0.25, 0.3) is 0 Å². The fourth-order valence-electron chi connectivity index (χ4n) is 1.23. The van der Waals surface area contributed by atoms with Crippen molar-refractivity contribution in [1.82, 2.24) is 5.32 Å². The molecule has 0 bridgehead atoms.